The van der Waals surface area contributed by atoms with Gasteiger partial charge in [0.05, 0.1) is 13.2 Å². The molecule has 2 amide bonds. The molecular formula is C49H92N2O7. The molecule has 0 aliphatic carbocycles. The highest BCUT2D eigenvalue weighted by atomic mass is 16.5. The van der Waals surface area contributed by atoms with Crippen molar-refractivity contribution < 1.29 is 34.1 Å². The van der Waals surface area contributed by atoms with E-state index in [1.54, 1.807) is 0 Å². The largest absolute Gasteiger partial charge is 0.480 e. The molecule has 2 atom stereocenters. The van der Waals surface area contributed by atoms with Crippen LogP contribution < -0.4 is 10.6 Å². The van der Waals surface area contributed by atoms with Gasteiger partial charge in [-0.1, -0.05) is 187 Å². The summed E-state index contributed by atoms with van der Waals surface area (Å²) in [4.78, 5) is 47.7. The van der Waals surface area contributed by atoms with Gasteiger partial charge < -0.3 is 25.6 Å². The van der Waals surface area contributed by atoms with Gasteiger partial charge in [0.25, 0.3) is 0 Å². The van der Waals surface area contributed by atoms with Crippen LogP contribution in [0.1, 0.15) is 251 Å². The maximum atomic E-state index is 12.8. The van der Waals surface area contributed by atoms with E-state index in [0.717, 1.165) is 57.8 Å². The van der Waals surface area contributed by atoms with Crippen molar-refractivity contribution in [3.05, 3.63) is 12.2 Å². The van der Waals surface area contributed by atoms with Gasteiger partial charge in [0.2, 0.25) is 11.8 Å². The highest BCUT2D eigenvalue weighted by molar-refractivity contribution is 5.87. The van der Waals surface area contributed by atoms with Crippen molar-refractivity contribution in [3.63, 3.8) is 0 Å². The molecule has 2 unspecified atom stereocenters. The van der Waals surface area contributed by atoms with E-state index in [1.807, 2.05) is 0 Å². The van der Waals surface area contributed by atoms with Crippen molar-refractivity contribution in [1.29, 1.82) is 0 Å². The molecule has 0 spiro atoms. The predicted molar refractivity (Wildman–Crippen MR) is 241 cm³/mol. The number of ether oxygens (including phenoxy) is 1. The predicted octanol–water partition coefficient (Wildman–Crippen LogP) is 12.6. The molecule has 0 bridgehead atoms. The smallest absolute Gasteiger partial charge is 0.328 e. The number of carboxylic acid groups (broad SMARTS) is 1. The van der Waals surface area contributed by atoms with Crippen LogP contribution in [0.25, 0.3) is 0 Å². The second kappa shape index (κ2) is 44.1. The summed E-state index contributed by atoms with van der Waals surface area (Å²) < 4.78 is 6.06. The van der Waals surface area contributed by atoms with Crippen LogP contribution in [0.2, 0.25) is 0 Å². The average molecular weight is 821 g/mol. The number of amides is 2. The maximum absolute atomic E-state index is 12.8. The van der Waals surface area contributed by atoms with Crippen molar-refractivity contribution in [3.8, 4) is 0 Å². The van der Waals surface area contributed by atoms with E-state index in [4.69, 9.17) is 14.9 Å². The number of aliphatic hydroxyl groups is 1. The first kappa shape index (κ1) is 55.6. The fourth-order valence-electron chi connectivity index (χ4n) is 7.48. The zero-order valence-electron chi connectivity index (χ0n) is 37.8. The SMILES string of the molecule is CCCCCCCCC/C=C\CCCCCCCCCC(=O)OC(CCCCCCCCCCCCCC)CCCCCCCC(=O)NCC(=O)NC(CO)C(=O)O. The minimum Gasteiger partial charge on any atom is -0.480 e. The third-order valence-corrected chi connectivity index (χ3v) is 11.3. The Bertz CT molecular complexity index is 988. The van der Waals surface area contributed by atoms with Crippen LogP contribution in [0.3, 0.4) is 0 Å². The van der Waals surface area contributed by atoms with Crippen molar-refractivity contribution in [2.75, 3.05) is 13.2 Å². The van der Waals surface area contributed by atoms with E-state index in [2.05, 4.69) is 36.6 Å². The first-order valence-electron chi connectivity index (χ1n) is 24.6. The van der Waals surface area contributed by atoms with Crippen LogP contribution in [0, 0.1) is 0 Å². The van der Waals surface area contributed by atoms with E-state index in [-0.39, 0.29) is 24.5 Å². The minimum atomic E-state index is -1.38. The monoisotopic (exact) mass is 821 g/mol. The van der Waals surface area contributed by atoms with E-state index in [0.29, 0.717) is 19.3 Å². The van der Waals surface area contributed by atoms with Crippen LogP contribution in [-0.2, 0) is 23.9 Å². The molecule has 340 valence electrons. The van der Waals surface area contributed by atoms with Crippen LogP contribution in [0.5, 0.6) is 0 Å². The molecule has 4 N–H and O–H groups in total. The maximum Gasteiger partial charge on any atom is 0.328 e. The molecule has 0 aromatic heterocycles. The third-order valence-electron chi connectivity index (χ3n) is 11.3. The molecule has 0 aromatic carbocycles. The topological polar surface area (TPSA) is 142 Å². The lowest BCUT2D eigenvalue weighted by atomic mass is 10.0. The number of nitrogens with one attached hydrogen (secondary N) is 2. The minimum absolute atomic E-state index is 0.0105. The van der Waals surface area contributed by atoms with E-state index in [9.17, 15) is 19.2 Å². The van der Waals surface area contributed by atoms with E-state index >= 15 is 0 Å². The number of rotatable bonds is 45. The fourth-order valence-corrected chi connectivity index (χ4v) is 7.48. The molecule has 0 aromatic rings. The summed E-state index contributed by atoms with van der Waals surface area (Å²) in [6, 6.07) is -1.38. The van der Waals surface area contributed by atoms with Gasteiger partial charge in [-0.3, -0.25) is 14.4 Å². The second-order valence-corrected chi connectivity index (χ2v) is 16.9. The number of carboxylic acids is 1. The standard InChI is InChI=1S/C49H92N2O7/c1-3-5-7-9-11-13-15-17-18-19-20-21-22-24-26-28-33-37-41-48(55)58-44(38-34-30-27-25-23-16-14-12-10-8-6-4-2)39-35-31-29-32-36-40-46(53)50-42-47(54)51-45(43-52)49(56)57/h18-19,44-45,52H,3-17,20-43H2,1-2H3,(H,50,53)(H,51,54)(H,56,57)/b19-18-. The highest BCUT2D eigenvalue weighted by Crippen LogP contribution is 2.19. The molecule has 0 rings (SSSR count). The third kappa shape index (κ3) is 40.4. The van der Waals surface area contributed by atoms with Crippen molar-refractivity contribution >= 4 is 23.8 Å². The first-order valence-corrected chi connectivity index (χ1v) is 24.6. The van der Waals surface area contributed by atoms with Crippen LogP contribution in [0.15, 0.2) is 12.2 Å². The lowest BCUT2D eigenvalue weighted by Crippen LogP contribution is -2.47. The van der Waals surface area contributed by atoms with Gasteiger partial charge >= 0.3 is 11.9 Å². The lowest BCUT2D eigenvalue weighted by molar-refractivity contribution is -0.150. The molecular weight excluding hydrogens is 729 g/mol. The van der Waals surface area contributed by atoms with Gasteiger partial charge in [0.1, 0.15) is 12.1 Å². The summed E-state index contributed by atoms with van der Waals surface area (Å²) >= 11 is 0. The van der Waals surface area contributed by atoms with Gasteiger partial charge in [-0.05, 0) is 64.2 Å². The molecule has 0 aliphatic rings. The number of allylic oxidation sites excluding steroid dienone is 2. The highest BCUT2D eigenvalue weighted by Gasteiger charge is 2.19. The number of carbonyl (C=O) groups excluding carboxylic acids is 3. The summed E-state index contributed by atoms with van der Waals surface area (Å²) in [5.74, 6) is -2.28. The summed E-state index contributed by atoms with van der Waals surface area (Å²) in [6.45, 7) is 3.51. The molecule has 0 saturated carbocycles. The van der Waals surface area contributed by atoms with Crippen molar-refractivity contribution in [2.24, 2.45) is 0 Å². The van der Waals surface area contributed by atoms with Gasteiger partial charge in [0.15, 0.2) is 0 Å². The fraction of sp³-hybridized carbons (Fsp3) is 0.878. The zero-order chi connectivity index (χ0) is 42.6. The van der Waals surface area contributed by atoms with E-state index in [1.165, 1.54) is 161 Å². The molecule has 0 radical (unpaired) electrons. The summed E-state index contributed by atoms with van der Waals surface area (Å²) in [5.41, 5.74) is 0. The molecule has 0 heterocycles. The Morgan fingerprint density at radius 3 is 1.29 bits per heavy atom. The number of aliphatic carboxylic acids is 1. The molecule has 9 nitrogen and oxygen atoms in total. The Hall–Kier alpha value is -2.42. The number of aliphatic hydroxyl groups excluding tert-OH is 1. The molecule has 0 aliphatic heterocycles. The van der Waals surface area contributed by atoms with Crippen LogP contribution in [0.4, 0.5) is 0 Å². The molecule has 58 heavy (non-hydrogen) atoms. The number of carbonyl (C=O) groups is 4. The molecule has 0 fully saturated rings. The van der Waals surface area contributed by atoms with Crippen LogP contribution >= 0.6 is 0 Å². The summed E-state index contributed by atoms with van der Waals surface area (Å²) in [5, 5.41) is 22.6. The molecule has 0 saturated heterocycles. The quantitative estimate of drug-likeness (QED) is 0.0272. The Morgan fingerprint density at radius 1 is 0.500 bits per heavy atom. The normalized spacial score (nSPS) is 12.5. The number of esters is 1. The van der Waals surface area contributed by atoms with Gasteiger partial charge in [-0.15, -0.1) is 0 Å². The Kier molecular flexibility index (Phi) is 42.3. The Balaban J connectivity index is 4.25. The Labute approximate surface area is 356 Å². The molecule has 9 heteroatoms. The number of unbranched alkanes of at least 4 members (excludes halogenated alkanes) is 29. The van der Waals surface area contributed by atoms with Crippen molar-refractivity contribution in [1.82, 2.24) is 10.6 Å². The summed E-state index contributed by atoms with van der Waals surface area (Å²) in [7, 11) is 0. The number of hydrogen-bond donors (Lipinski definition) is 4. The van der Waals surface area contributed by atoms with Crippen molar-refractivity contribution in [2.45, 2.75) is 264 Å². The summed E-state index contributed by atoms with van der Waals surface area (Å²) in [6.07, 6.45) is 48.1. The van der Waals surface area contributed by atoms with Gasteiger partial charge in [-0.25, -0.2) is 4.79 Å². The van der Waals surface area contributed by atoms with Crippen LogP contribution in [-0.4, -0.2) is 59.3 Å². The first-order chi connectivity index (χ1) is 28.3. The number of hydrogen-bond acceptors (Lipinski definition) is 6. The second-order valence-electron chi connectivity index (χ2n) is 16.9. The zero-order valence-corrected chi connectivity index (χ0v) is 37.8. The average Bonchev–Trinajstić information content (AvgIpc) is 3.21. The Morgan fingerprint density at radius 2 is 0.879 bits per heavy atom. The van der Waals surface area contributed by atoms with Gasteiger partial charge in [-0.2, -0.15) is 0 Å². The van der Waals surface area contributed by atoms with E-state index < -0.39 is 24.5 Å². The van der Waals surface area contributed by atoms with Gasteiger partial charge in [0, 0.05) is 12.8 Å². The lowest BCUT2D eigenvalue weighted by Gasteiger charge is -2.18.